The summed E-state index contributed by atoms with van der Waals surface area (Å²) in [5, 5.41) is 3.32. The summed E-state index contributed by atoms with van der Waals surface area (Å²) >= 11 is 1.83. The van der Waals surface area contributed by atoms with Crippen molar-refractivity contribution >= 4 is 11.8 Å². The zero-order valence-electron chi connectivity index (χ0n) is 11.9. The maximum Gasteiger partial charge on any atom is 0.123 e. The van der Waals surface area contributed by atoms with Crippen LogP contribution < -0.4 is 5.32 Å². The molecule has 0 aliphatic carbocycles. The van der Waals surface area contributed by atoms with Gasteiger partial charge in [-0.15, -0.1) is 11.8 Å². The van der Waals surface area contributed by atoms with Gasteiger partial charge >= 0.3 is 0 Å². The first kappa shape index (κ1) is 15.1. The summed E-state index contributed by atoms with van der Waals surface area (Å²) in [6.45, 7) is 2.03. The van der Waals surface area contributed by atoms with Gasteiger partial charge in [0.2, 0.25) is 0 Å². The molecule has 0 radical (unpaired) electrons. The summed E-state index contributed by atoms with van der Waals surface area (Å²) in [7, 11) is 1.96. The summed E-state index contributed by atoms with van der Waals surface area (Å²) in [6.07, 6.45) is 0.847. The van der Waals surface area contributed by atoms with Gasteiger partial charge in [0.15, 0.2) is 0 Å². The van der Waals surface area contributed by atoms with Crippen molar-refractivity contribution in [2.45, 2.75) is 24.3 Å². The van der Waals surface area contributed by atoms with Crippen LogP contribution in [-0.2, 0) is 6.42 Å². The van der Waals surface area contributed by atoms with Crippen molar-refractivity contribution in [2.24, 2.45) is 0 Å². The highest BCUT2D eigenvalue weighted by atomic mass is 32.2. The average Bonchev–Trinajstić information content (AvgIpc) is 2.48. The van der Waals surface area contributed by atoms with Crippen LogP contribution in [0.3, 0.4) is 0 Å². The van der Waals surface area contributed by atoms with Crippen LogP contribution in [0.1, 0.15) is 11.1 Å². The maximum absolute atomic E-state index is 13.3. The molecule has 2 aromatic carbocycles. The van der Waals surface area contributed by atoms with Crippen molar-refractivity contribution in [1.29, 1.82) is 0 Å². The van der Waals surface area contributed by atoms with Crippen LogP contribution in [0.15, 0.2) is 53.4 Å². The summed E-state index contributed by atoms with van der Waals surface area (Å²) in [5.41, 5.74) is 2.23. The molecule has 0 bridgehead atoms. The van der Waals surface area contributed by atoms with Crippen LogP contribution in [0.2, 0.25) is 0 Å². The van der Waals surface area contributed by atoms with Gasteiger partial charge < -0.3 is 5.32 Å². The molecule has 1 nitrogen and oxygen atoms in total. The minimum Gasteiger partial charge on any atom is -0.316 e. The number of aryl methyl sites for hydroxylation is 1. The number of halogens is 1. The molecule has 2 rings (SSSR count). The first-order valence-corrected chi connectivity index (χ1v) is 7.77. The quantitative estimate of drug-likeness (QED) is 0.805. The summed E-state index contributed by atoms with van der Waals surface area (Å²) in [4.78, 5) is 1.27. The third-order valence-corrected chi connectivity index (χ3v) is 4.55. The van der Waals surface area contributed by atoms with E-state index in [-0.39, 0.29) is 5.82 Å². The topological polar surface area (TPSA) is 12.0 Å². The highest BCUT2D eigenvalue weighted by molar-refractivity contribution is 7.99. The van der Waals surface area contributed by atoms with Crippen LogP contribution in [0.25, 0.3) is 0 Å². The second-order valence-corrected chi connectivity index (χ2v) is 5.98. The molecular weight excluding hydrogens is 269 g/mol. The Bertz CT molecular complexity index is 542. The SMILES string of the molecule is CNC(CSc1ccccc1)Cc1cc(F)ccc1C. The van der Waals surface area contributed by atoms with E-state index in [1.54, 1.807) is 6.07 Å². The molecule has 1 atom stereocenters. The van der Waals surface area contributed by atoms with Crippen molar-refractivity contribution in [3.05, 3.63) is 65.5 Å². The van der Waals surface area contributed by atoms with Crippen LogP contribution in [-0.4, -0.2) is 18.8 Å². The number of hydrogen-bond donors (Lipinski definition) is 1. The lowest BCUT2D eigenvalue weighted by Crippen LogP contribution is -2.30. The predicted molar refractivity (Wildman–Crippen MR) is 84.9 cm³/mol. The summed E-state index contributed by atoms with van der Waals surface area (Å²) in [6, 6.07) is 15.7. The lowest BCUT2D eigenvalue weighted by Gasteiger charge is -2.17. The van der Waals surface area contributed by atoms with E-state index >= 15 is 0 Å². The van der Waals surface area contributed by atoms with E-state index in [0.717, 1.165) is 23.3 Å². The molecule has 0 amide bonds. The number of nitrogens with one attached hydrogen (secondary N) is 1. The van der Waals surface area contributed by atoms with Crippen molar-refractivity contribution in [3.8, 4) is 0 Å². The minimum absolute atomic E-state index is 0.156. The van der Waals surface area contributed by atoms with Gasteiger partial charge in [0, 0.05) is 16.7 Å². The van der Waals surface area contributed by atoms with Crippen molar-refractivity contribution < 1.29 is 4.39 Å². The Morgan fingerprint density at radius 1 is 1.15 bits per heavy atom. The molecule has 3 heteroatoms. The molecule has 0 heterocycles. The van der Waals surface area contributed by atoms with Gasteiger partial charge in [-0.1, -0.05) is 24.3 Å². The number of benzene rings is 2. The molecular formula is C17H20FNS. The number of thioether (sulfide) groups is 1. The van der Waals surface area contributed by atoms with Crippen molar-refractivity contribution in [3.63, 3.8) is 0 Å². The fourth-order valence-electron chi connectivity index (χ4n) is 2.08. The Kier molecular flexibility index (Phi) is 5.62. The van der Waals surface area contributed by atoms with Gasteiger partial charge in [-0.05, 0) is 55.8 Å². The van der Waals surface area contributed by atoms with Gasteiger partial charge in [0.1, 0.15) is 5.82 Å². The second-order valence-electron chi connectivity index (χ2n) is 4.88. The van der Waals surface area contributed by atoms with E-state index in [0.29, 0.717) is 6.04 Å². The zero-order chi connectivity index (χ0) is 14.4. The Morgan fingerprint density at radius 2 is 1.90 bits per heavy atom. The zero-order valence-corrected chi connectivity index (χ0v) is 12.7. The van der Waals surface area contributed by atoms with E-state index in [2.05, 4.69) is 17.4 Å². The third-order valence-electron chi connectivity index (χ3n) is 3.38. The average molecular weight is 289 g/mol. The van der Waals surface area contributed by atoms with Crippen LogP contribution in [0, 0.1) is 12.7 Å². The van der Waals surface area contributed by atoms with Gasteiger partial charge in [0.25, 0.3) is 0 Å². The van der Waals surface area contributed by atoms with E-state index < -0.39 is 0 Å². The fourth-order valence-corrected chi connectivity index (χ4v) is 3.11. The molecule has 1 N–H and O–H groups in total. The van der Waals surface area contributed by atoms with Crippen molar-refractivity contribution in [2.75, 3.05) is 12.8 Å². The Morgan fingerprint density at radius 3 is 2.60 bits per heavy atom. The van der Waals surface area contributed by atoms with Crippen LogP contribution in [0.5, 0.6) is 0 Å². The van der Waals surface area contributed by atoms with Gasteiger partial charge in [-0.2, -0.15) is 0 Å². The molecule has 0 saturated carbocycles. The van der Waals surface area contributed by atoms with E-state index in [9.17, 15) is 4.39 Å². The lowest BCUT2D eigenvalue weighted by atomic mass is 10.0. The lowest BCUT2D eigenvalue weighted by molar-refractivity contribution is 0.601. The van der Waals surface area contributed by atoms with E-state index in [1.807, 2.05) is 50.0 Å². The maximum atomic E-state index is 13.3. The predicted octanol–water partition coefficient (Wildman–Crippen LogP) is 4.06. The highest BCUT2D eigenvalue weighted by Gasteiger charge is 2.10. The second kappa shape index (κ2) is 7.46. The minimum atomic E-state index is -0.156. The van der Waals surface area contributed by atoms with Crippen LogP contribution >= 0.6 is 11.8 Å². The Labute approximate surface area is 124 Å². The summed E-state index contributed by atoms with van der Waals surface area (Å²) < 4.78 is 13.3. The molecule has 0 spiro atoms. The Hall–Kier alpha value is -1.32. The number of hydrogen-bond acceptors (Lipinski definition) is 2. The smallest absolute Gasteiger partial charge is 0.123 e. The van der Waals surface area contributed by atoms with Gasteiger partial charge in [-0.3, -0.25) is 0 Å². The molecule has 20 heavy (non-hydrogen) atoms. The fraction of sp³-hybridized carbons (Fsp3) is 0.294. The molecule has 0 fully saturated rings. The molecule has 106 valence electrons. The van der Waals surface area contributed by atoms with Gasteiger partial charge in [0.05, 0.1) is 0 Å². The molecule has 1 unspecified atom stereocenters. The van der Waals surface area contributed by atoms with Crippen molar-refractivity contribution in [1.82, 2.24) is 5.32 Å². The molecule has 0 saturated heterocycles. The largest absolute Gasteiger partial charge is 0.316 e. The number of likely N-dealkylation sites (N-methyl/N-ethyl adjacent to an activating group) is 1. The first-order valence-electron chi connectivity index (χ1n) is 6.79. The standard InChI is InChI=1S/C17H20FNS/c1-13-8-9-15(18)10-14(13)11-16(19-2)12-20-17-6-4-3-5-7-17/h3-10,16,19H,11-12H2,1-2H3. The highest BCUT2D eigenvalue weighted by Crippen LogP contribution is 2.20. The molecule has 2 aromatic rings. The summed E-state index contributed by atoms with van der Waals surface area (Å²) in [5.74, 6) is 0.812. The first-order chi connectivity index (χ1) is 9.69. The van der Waals surface area contributed by atoms with E-state index in [1.165, 1.54) is 11.0 Å². The number of rotatable bonds is 6. The van der Waals surface area contributed by atoms with E-state index in [4.69, 9.17) is 0 Å². The molecule has 0 aliphatic rings. The van der Waals surface area contributed by atoms with Gasteiger partial charge in [-0.25, -0.2) is 4.39 Å². The molecule has 0 aliphatic heterocycles. The third kappa shape index (κ3) is 4.36. The Balaban J connectivity index is 1.97. The normalized spacial score (nSPS) is 12.3. The monoisotopic (exact) mass is 289 g/mol. The molecule has 0 aromatic heterocycles. The van der Waals surface area contributed by atoms with Crippen LogP contribution in [0.4, 0.5) is 4.39 Å².